The quantitative estimate of drug-likeness (QED) is 0.594. The summed E-state index contributed by atoms with van der Waals surface area (Å²) in [6, 6.07) is 9.43. The molecule has 1 aromatic rings. The summed E-state index contributed by atoms with van der Waals surface area (Å²) in [5.41, 5.74) is 0. The minimum Gasteiger partial charge on any atom is -0.481 e. The topological polar surface area (TPSA) is 38.3 Å². The molecule has 1 rings (SSSR count). The average Bonchev–Trinajstić information content (AvgIpc) is 2.42. The van der Waals surface area contributed by atoms with Crippen molar-refractivity contribution in [3.8, 4) is 5.75 Å². The molecule has 1 N–H and O–H groups in total. The number of rotatable bonds is 7. The molecule has 0 saturated heterocycles. The van der Waals surface area contributed by atoms with Gasteiger partial charge in [-0.2, -0.15) is 0 Å². The molecule has 0 bridgehead atoms. The SMILES string of the molecule is C/C=C/CCNC(=O)C(CC)Oc1ccccc1. The van der Waals surface area contributed by atoms with Gasteiger partial charge in [-0.3, -0.25) is 4.79 Å². The van der Waals surface area contributed by atoms with E-state index in [1.54, 1.807) is 0 Å². The smallest absolute Gasteiger partial charge is 0.261 e. The minimum atomic E-state index is -0.419. The fourth-order valence-corrected chi connectivity index (χ4v) is 1.54. The first-order valence-corrected chi connectivity index (χ1v) is 6.38. The Bertz CT molecular complexity index is 373. The van der Waals surface area contributed by atoms with Crippen molar-refractivity contribution in [3.05, 3.63) is 42.5 Å². The predicted molar refractivity (Wildman–Crippen MR) is 73.6 cm³/mol. The first kappa shape index (κ1) is 14.3. The maximum atomic E-state index is 11.9. The van der Waals surface area contributed by atoms with Crippen molar-refractivity contribution in [2.24, 2.45) is 0 Å². The molecule has 0 radical (unpaired) electrons. The molecule has 0 aromatic heterocycles. The summed E-state index contributed by atoms with van der Waals surface area (Å²) in [5, 5.41) is 2.87. The molecule has 0 spiro atoms. The summed E-state index contributed by atoms with van der Waals surface area (Å²) in [4.78, 5) is 11.9. The number of benzene rings is 1. The minimum absolute atomic E-state index is 0.0501. The Morgan fingerprint density at radius 3 is 2.72 bits per heavy atom. The summed E-state index contributed by atoms with van der Waals surface area (Å²) in [7, 11) is 0. The van der Waals surface area contributed by atoms with Crippen LogP contribution in [0.1, 0.15) is 26.7 Å². The normalized spacial score (nSPS) is 12.3. The van der Waals surface area contributed by atoms with Crippen molar-refractivity contribution in [3.63, 3.8) is 0 Å². The maximum absolute atomic E-state index is 11.9. The van der Waals surface area contributed by atoms with Crippen LogP contribution in [0, 0.1) is 0 Å². The molecule has 0 fully saturated rings. The zero-order valence-corrected chi connectivity index (χ0v) is 11.1. The third kappa shape index (κ3) is 5.04. The van der Waals surface area contributed by atoms with Crippen LogP contribution in [-0.4, -0.2) is 18.6 Å². The number of carbonyl (C=O) groups excluding carboxylic acids is 1. The molecule has 1 unspecified atom stereocenters. The summed E-state index contributed by atoms with van der Waals surface area (Å²) < 4.78 is 5.65. The van der Waals surface area contributed by atoms with E-state index in [2.05, 4.69) is 5.32 Å². The fraction of sp³-hybridized carbons (Fsp3) is 0.400. The van der Waals surface area contributed by atoms with E-state index in [-0.39, 0.29) is 5.91 Å². The van der Waals surface area contributed by atoms with E-state index in [0.29, 0.717) is 13.0 Å². The van der Waals surface area contributed by atoms with Gasteiger partial charge in [0.25, 0.3) is 5.91 Å². The highest BCUT2D eigenvalue weighted by atomic mass is 16.5. The van der Waals surface area contributed by atoms with Crippen molar-refractivity contribution in [2.45, 2.75) is 32.8 Å². The van der Waals surface area contributed by atoms with E-state index in [9.17, 15) is 4.79 Å². The molecule has 98 valence electrons. The largest absolute Gasteiger partial charge is 0.481 e. The van der Waals surface area contributed by atoms with Gasteiger partial charge in [0.05, 0.1) is 0 Å². The number of hydrogen-bond acceptors (Lipinski definition) is 2. The molecule has 1 atom stereocenters. The van der Waals surface area contributed by atoms with Gasteiger partial charge in [-0.05, 0) is 31.9 Å². The van der Waals surface area contributed by atoms with Gasteiger partial charge in [0.15, 0.2) is 6.10 Å². The molecular formula is C15H21NO2. The molecule has 1 aromatic carbocycles. The van der Waals surface area contributed by atoms with Gasteiger partial charge in [-0.25, -0.2) is 0 Å². The highest BCUT2D eigenvalue weighted by Gasteiger charge is 2.17. The standard InChI is InChI=1S/C15H21NO2/c1-3-5-9-12-16-15(17)14(4-2)18-13-10-7-6-8-11-13/h3,5-8,10-11,14H,4,9,12H2,1-2H3,(H,16,17)/b5-3+. The zero-order valence-electron chi connectivity index (χ0n) is 11.1. The van der Waals surface area contributed by atoms with Crippen LogP contribution < -0.4 is 10.1 Å². The van der Waals surface area contributed by atoms with E-state index < -0.39 is 6.10 Å². The molecule has 3 nitrogen and oxygen atoms in total. The van der Waals surface area contributed by atoms with Crippen molar-refractivity contribution in [1.82, 2.24) is 5.32 Å². The van der Waals surface area contributed by atoms with E-state index in [0.717, 1.165) is 12.2 Å². The Balaban J connectivity index is 2.42. The number of carbonyl (C=O) groups is 1. The van der Waals surface area contributed by atoms with Crippen molar-refractivity contribution < 1.29 is 9.53 Å². The highest BCUT2D eigenvalue weighted by molar-refractivity contribution is 5.81. The van der Waals surface area contributed by atoms with Gasteiger partial charge in [-0.15, -0.1) is 0 Å². The molecule has 1 amide bonds. The maximum Gasteiger partial charge on any atom is 0.261 e. The highest BCUT2D eigenvalue weighted by Crippen LogP contribution is 2.12. The Morgan fingerprint density at radius 1 is 1.39 bits per heavy atom. The van der Waals surface area contributed by atoms with E-state index in [1.165, 1.54) is 0 Å². The summed E-state index contributed by atoms with van der Waals surface area (Å²) in [6.45, 7) is 4.56. The molecule has 0 saturated carbocycles. The van der Waals surface area contributed by atoms with Crippen LogP contribution in [0.5, 0.6) is 5.75 Å². The Morgan fingerprint density at radius 2 is 2.11 bits per heavy atom. The van der Waals surface area contributed by atoms with Gasteiger partial charge in [0.1, 0.15) is 5.75 Å². The lowest BCUT2D eigenvalue weighted by molar-refractivity contribution is -0.128. The molecule has 0 aliphatic heterocycles. The van der Waals surface area contributed by atoms with Crippen LogP contribution in [0.4, 0.5) is 0 Å². The van der Waals surface area contributed by atoms with Crippen LogP contribution in [0.15, 0.2) is 42.5 Å². The van der Waals surface area contributed by atoms with Crippen molar-refractivity contribution in [2.75, 3.05) is 6.54 Å². The number of nitrogens with one attached hydrogen (secondary N) is 1. The third-order valence-electron chi connectivity index (χ3n) is 2.53. The van der Waals surface area contributed by atoms with Gasteiger partial charge >= 0.3 is 0 Å². The fourth-order valence-electron chi connectivity index (χ4n) is 1.54. The molecule has 0 aliphatic rings. The van der Waals surface area contributed by atoms with Crippen LogP contribution in [0.2, 0.25) is 0 Å². The zero-order chi connectivity index (χ0) is 13.2. The Hall–Kier alpha value is -1.77. The monoisotopic (exact) mass is 247 g/mol. The van der Waals surface area contributed by atoms with Crippen LogP contribution in [0.25, 0.3) is 0 Å². The van der Waals surface area contributed by atoms with Gasteiger partial charge in [-0.1, -0.05) is 37.3 Å². The van der Waals surface area contributed by atoms with Crippen molar-refractivity contribution in [1.29, 1.82) is 0 Å². The first-order chi connectivity index (χ1) is 8.77. The van der Waals surface area contributed by atoms with E-state index >= 15 is 0 Å². The van der Waals surface area contributed by atoms with Crippen LogP contribution >= 0.6 is 0 Å². The first-order valence-electron chi connectivity index (χ1n) is 6.38. The number of allylic oxidation sites excluding steroid dienone is 1. The lowest BCUT2D eigenvalue weighted by atomic mass is 10.2. The predicted octanol–water partition coefficient (Wildman–Crippen LogP) is 2.93. The van der Waals surface area contributed by atoms with Crippen molar-refractivity contribution >= 4 is 5.91 Å². The Labute approximate surface area is 109 Å². The number of para-hydroxylation sites is 1. The summed E-state index contributed by atoms with van der Waals surface area (Å²) in [6.07, 6.45) is 5.09. The summed E-state index contributed by atoms with van der Waals surface area (Å²) >= 11 is 0. The Kier molecular flexibility index (Phi) is 6.62. The molecule has 0 aliphatic carbocycles. The van der Waals surface area contributed by atoms with Crippen LogP contribution in [-0.2, 0) is 4.79 Å². The average molecular weight is 247 g/mol. The second kappa shape index (κ2) is 8.34. The molecule has 18 heavy (non-hydrogen) atoms. The number of amides is 1. The summed E-state index contributed by atoms with van der Waals surface area (Å²) in [5.74, 6) is 0.679. The van der Waals surface area contributed by atoms with E-state index in [4.69, 9.17) is 4.74 Å². The molecular weight excluding hydrogens is 226 g/mol. The van der Waals surface area contributed by atoms with Crippen LogP contribution in [0.3, 0.4) is 0 Å². The number of ether oxygens (including phenoxy) is 1. The number of hydrogen-bond donors (Lipinski definition) is 1. The van der Waals surface area contributed by atoms with Gasteiger partial charge < -0.3 is 10.1 Å². The lowest BCUT2D eigenvalue weighted by Gasteiger charge is -2.16. The van der Waals surface area contributed by atoms with Gasteiger partial charge in [0.2, 0.25) is 0 Å². The lowest BCUT2D eigenvalue weighted by Crippen LogP contribution is -2.38. The molecule has 0 heterocycles. The second-order valence-corrected chi connectivity index (χ2v) is 3.98. The second-order valence-electron chi connectivity index (χ2n) is 3.98. The molecule has 3 heteroatoms. The van der Waals surface area contributed by atoms with E-state index in [1.807, 2.05) is 56.3 Å². The third-order valence-corrected chi connectivity index (χ3v) is 2.53. The van der Waals surface area contributed by atoms with Gasteiger partial charge in [0, 0.05) is 6.54 Å².